The average Bonchev–Trinajstić information content (AvgIpc) is 3.64. The summed E-state index contributed by atoms with van der Waals surface area (Å²) in [6.45, 7) is 0.878. The molecule has 3 rings (SSSR count). The van der Waals surface area contributed by atoms with Gasteiger partial charge in [-0.3, -0.25) is 30.6 Å². The van der Waals surface area contributed by atoms with Crippen LogP contribution in [0.1, 0.15) is 33.6 Å². The van der Waals surface area contributed by atoms with Crippen LogP contribution >= 0.6 is 12.2 Å². The van der Waals surface area contributed by atoms with Gasteiger partial charge in [0.05, 0.1) is 6.61 Å². The fourth-order valence-electron chi connectivity index (χ4n) is 2.63. The van der Waals surface area contributed by atoms with Crippen molar-refractivity contribution in [2.24, 2.45) is 5.92 Å². The van der Waals surface area contributed by atoms with E-state index < -0.39 is 11.8 Å². The summed E-state index contributed by atoms with van der Waals surface area (Å²) in [4.78, 5) is 36.3. The first-order valence-electron chi connectivity index (χ1n) is 10.0. The third-order valence-corrected chi connectivity index (χ3v) is 4.76. The predicted molar refractivity (Wildman–Crippen MR) is 122 cm³/mol. The largest absolute Gasteiger partial charge is 0.491 e. The van der Waals surface area contributed by atoms with E-state index in [0.717, 1.165) is 12.8 Å². The predicted octanol–water partition coefficient (Wildman–Crippen LogP) is 2.01. The summed E-state index contributed by atoms with van der Waals surface area (Å²) in [6.07, 6.45) is 1.84. The van der Waals surface area contributed by atoms with Crippen LogP contribution in [0, 0.1) is 5.92 Å². The summed E-state index contributed by atoms with van der Waals surface area (Å²) in [6, 6.07) is 13.0. The standard InChI is InChI=1S/C22H24N4O5S/c1-30-12-13-31-18-10-6-15(7-11-18)20(28)24-22(32)26-25-21(29)16-4-8-17(9-5-16)23-19(27)14-2-3-14/h4-11,14H,2-3,12-13H2,1H3,(H,23,27)(H,25,29)(H2,24,26,28,32). The Hall–Kier alpha value is -3.50. The highest BCUT2D eigenvalue weighted by Gasteiger charge is 2.29. The van der Waals surface area contributed by atoms with Gasteiger partial charge >= 0.3 is 0 Å². The van der Waals surface area contributed by atoms with Gasteiger partial charge in [-0.2, -0.15) is 0 Å². The van der Waals surface area contributed by atoms with Crippen molar-refractivity contribution in [3.05, 3.63) is 59.7 Å². The third kappa shape index (κ3) is 7.03. The van der Waals surface area contributed by atoms with Crippen molar-refractivity contribution >= 4 is 40.7 Å². The van der Waals surface area contributed by atoms with Gasteiger partial charge in [0.15, 0.2) is 5.11 Å². The molecule has 1 aliphatic carbocycles. The second-order valence-electron chi connectivity index (χ2n) is 7.07. The van der Waals surface area contributed by atoms with Crippen LogP contribution in [0.2, 0.25) is 0 Å². The molecule has 0 radical (unpaired) electrons. The van der Waals surface area contributed by atoms with Gasteiger partial charge in [-0.15, -0.1) is 0 Å². The maximum Gasteiger partial charge on any atom is 0.269 e. The lowest BCUT2D eigenvalue weighted by Gasteiger charge is -2.12. The Morgan fingerprint density at radius 3 is 2.16 bits per heavy atom. The number of anilines is 1. The van der Waals surface area contributed by atoms with Gasteiger partial charge in [0.2, 0.25) is 5.91 Å². The van der Waals surface area contributed by atoms with Crippen LogP contribution in [0.4, 0.5) is 5.69 Å². The molecule has 4 N–H and O–H groups in total. The Balaban J connectivity index is 1.42. The molecule has 0 bridgehead atoms. The molecular weight excluding hydrogens is 432 g/mol. The molecule has 0 atom stereocenters. The highest BCUT2D eigenvalue weighted by atomic mass is 32.1. The first-order valence-corrected chi connectivity index (χ1v) is 10.4. The molecule has 2 aromatic rings. The number of rotatable bonds is 8. The van der Waals surface area contributed by atoms with Crippen LogP contribution in [-0.4, -0.2) is 43.2 Å². The molecule has 0 saturated heterocycles. The van der Waals surface area contributed by atoms with Crippen molar-refractivity contribution in [3.8, 4) is 5.75 Å². The fourth-order valence-corrected chi connectivity index (χ4v) is 2.78. The zero-order valence-electron chi connectivity index (χ0n) is 17.5. The summed E-state index contributed by atoms with van der Waals surface area (Å²) >= 11 is 5.05. The Morgan fingerprint density at radius 1 is 0.906 bits per heavy atom. The summed E-state index contributed by atoms with van der Waals surface area (Å²) in [5, 5.41) is 5.23. The van der Waals surface area contributed by atoms with Gasteiger partial charge in [0.1, 0.15) is 12.4 Å². The molecule has 0 unspecified atom stereocenters. The van der Waals surface area contributed by atoms with Gasteiger partial charge in [-0.1, -0.05) is 0 Å². The SMILES string of the molecule is COCCOc1ccc(C(=O)NC(=S)NNC(=O)c2ccc(NC(=O)C3CC3)cc2)cc1. The molecule has 9 nitrogen and oxygen atoms in total. The van der Waals surface area contributed by atoms with E-state index in [4.69, 9.17) is 21.7 Å². The number of methoxy groups -OCH3 is 1. The number of hydrogen-bond acceptors (Lipinski definition) is 6. The molecule has 32 heavy (non-hydrogen) atoms. The number of carbonyl (C=O) groups excluding carboxylic acids is 3. The molecule has 10 heteroatoms. The van der Waals surface area contributed by atoms with E-state index in [9.17, 15) is 14.4 Å². The van der Waals surface area contributed by atoms with Crippen LogP contribution in [-0.2, 0) is 9.53 Å². The minimum Gasteiger partial charge on any atom is -0.491 e. The number of thiocarbonyl (C=S) groups is 1. The number of amides is 3. The molecule has 0 aromatic heterocycles. The van der Waals surface area contributed by atoms with Crippen LogP contribution in [0.5, 0.6) is 5.75 Å². The first kappa shape index (κ1) is 23.2. The van der Waals surface area contributed by atoms with Crippen LogP contribution in [0.15, 0.2) is 48.5 Å². The van der Waals surface area contributed by atoms with Crippen molar-refractivity contribution in [2.75, 3.05) is 25.6 Å². The topological polar surface area (TPSA) is 118 Å². The molecule has 2 aromatic carbocycles. The Morgan fingerprint density at radius 2 is 1.53 bits per heavy atom. The summed E-state index contributed by atoms with van der Waals surface area (Å²) in [5.74, 6) is -0.163. The van der Waals surface area contributed by atoms with Crippen LogP contribution < -0.4 is 26.2 Å². The monoisotopic (exact) mass is 456 g/mol. The van der Waals surface area contributed by atoms with Gasteiger partial charge in [-0.25, -0.2) is 0 Å². The Bertz CT molecular complexity index is 975. The zero-order chi connectivity index (χ0) is 22.9. The van der Waals surface area contributed by atoms with E-state index in [1.54, 1.807) is 55.6 Å². The lowest BCUT2D eigenvalue weighted by atomic mass is 10.2. The molecular formula is C22H24N4O5S. The van der Waals surface area contributed by atoms with E-state index >= 15 is 0 Å². The summed E-state index contributed by atoms with van der Waals surface area (Å²) in [7, 11) is 1.59. The molecule has 1 aliphatic rings. The summed E-state index contributed by atoms with van der Waals surface area (Å²) < 4.78 is 10.4. The second-order valence-corrected chi connectivity index (χ2v) is 7.48. The molecule has 1 saturated carbocycles. The Kier molecular flexibility index (Phi) is 8.12. The van der Waals surface area contributed by atoms with Crippen molar-refractivity contribution in [1.82, 2.24) is 16.2 Å². The van der Waals surface area contributed by atoms with Crippen molar-refractivity contribution < 1.29 is 23.9 Å². The molecule has 0 spiro atoms. The van der Waals surface area contributed by atoms with E-state index in [1.165, 1.54) is 0 Å². The normalized spacial score (nSPS) is 12.4. The zero-order valence-corrected chi connectivity index (χ0v) is 18.3. The van der Waals surface area contributed by atoms with E-state index in [-0.39, 0.29) is 16.9 Å². The first-order chi connectivity index (χ1) is 15.5. The molecule has 168 valence electrons. The van der Waals surface area contributed by atoms with Crippen LogP contribution in [0.25, 0.3) is 0 Å². The number of ether oxygens (including phenoxy) is 2. The molecule has 1 fully saturated rings. The van der Waals surface area contributed by atoms with Gasteiger partial charge < -0.3 is 14.8 Å². The van der Waals surface area contributed by atoms with Gasteiger partial charge in [0.25, 0.3) is 11.8 Å². The van der Waals surface area contributed by atoms with Gasteiger partial charge in [-0.05, 0) is 73.6 Å². The highest BCUT2D eigenvalue weighted by molar-refractivity contribution is 7.80. The number of nitrogens with one attached hydrogen (secondary N) is 4. The van der Waals surface area contributed by atoms with Crippen molar-refractivity contribution in [3.63, 3.8) is 0 Å². The van der Waals surface area contributed by atoms with E-state index in [1.807, 2.05) is 0 Å². The minimum absolute atomic E-state index is 0.00165. The molecule has 0 aliphatic heterocycles. The highest BCUT2D eigenvalue weighted by Crippen LogP contribution is 2.30. The summed E-state index contributed by atoms with van der Waals surface area (Å²) in [5.41, 5.74) is 6.28. The number of hydrogen-bond donors (Lipinski definition) is 4. The maximum absolute atomic E-state index is 12.3. The maximum atomic E-state index is 12.3. The smallest absolute Gasteiger partial charge is 0.269 e. The van der Waals surface area contributed by atoms with Crippen molar-refractivity contribution in [1.29, 1.82) is 0 Å². The number of hydrazine groups is 1. The van der Waals surface area contributed by atoms with E-state index in [2.05, 4.69) is 21.5 Å². The second kappa shape index (κ2) is 11.2. The molecule has 3 amide bonds. The van der Waals surface area contributed by atoms with Crippen LogP contribution in [0.3, 0.4) is 0 Å². The fraction of sp³-hybridized carbons (Fsp3) is 0.273. The van der Waals surface area contributed by atoms with Crippen molar-refractivity contribution in [2.45, 2.75) is 12.8 Å². The average molecular weight is 457 g/mol. The number of carbonyl (C=O) groups is 3. The third-order valence-electron chi connectivity index (χ3n) is 4.55. The van der Waals surface area contributed by atoms with Gasteiger partial charge in [0, 0.05) is 29.8 Å². The molecule has 0 heterocycles. The number of benzene rings is 2. The lowest BCUT2D eigenvalue weighted by molar-refractivity contribution is -0.117. The lowest BCUT2D eigenvalue weighted by Crippen LogP contribution is -2.48. The quantitative estimate of drug-likeness (QED) is 0.273. The van der Waals surface area contributed by atoms with E-state index in [0.29, 0.717) is 35.8 Å². The Labute approximate surface area is 190 Å². The minimum atomic E-state index is -0.445.